The number of hydrogen-bond donors (Lipinski definition) is 1. The van der Waals surface area contributed by atoms with Gasteiger partial charge in [0.25, 0.3) is 5.91 Å². The largest absolute Gasteiger partial charge is 0.493 e. The van der Waals surface area contributed by atoms with Crippen LogP contribution in [-0.4, -0.2) is 37.0 Å². The Morgan fingerprint density at radius 1 is 1.14 bits per heavy atom. The highest BCUT2D eigenvalue weighted by Gasteiger charge is 2.34. The van der Waals surface area contributed by atoms with Crippen molar-refractivity contribution in [2.45, 2.75) is 13.2 Å². The maximum atomic E-state index is 13.1. The highest BCUT2D eigenvalue weighted by Crippen LogP contribution is 2.38. The molecular formula is C25H20BrFN2O7. The average Bonchev–Trinajstić information content (AvgIpc) is 3.44. The molecule has 0 atom stereocenters. The van der Waals surface area contributed by atoms with Gasteiger partial charge in [0, 0.05) is 0 Å². The molecule has 4 rings (SSSR count). The van der Waals surface area contributed by atoms with E-state index in [-0.39, 0.29) is 36.2 Å². The van der Waals surface area contributed by atoms with Crippen LogP contribution in [-0.2, 0) is 22.7 Å². The predicted octanol–water partition coefficient (Wildman–Crippen LogP) is 4.65. The lowest BCUT2D eigenvalue weighted by molar-refractivity contribution is -0.123. The van der Waals surface area contributed by atoms with Gasteiger partial charge in [-0.25, -0.2) is 14.0 Å². The molecule has 1 aromatic heterocycles. The lowest BCUT2D eigenvalue weighted by Crippen LogP contribution is -2.30. The summed E-state index contributed by atoms with van der Waals surface area (Å²) in [4.78, 5) is 37.8. The van der Waals surface area contributed by atoms with Crippen LogP contribution in [0, 0.1) is 5.82 Å². The van der Waals surface area contributed by atoms with Crippen molar-refractivity contribution in [1.82, 2.24) is 10.2 Å². The predicted molar refractivity (Wildman–Crippen MR) is 129 cm³/mol. The number of furan rings is 1. The monoisotopic (exact) mass is 558 g/mol. The number of methoxy groups -OCH3 is 2. The van der Waals surface area contributed by atoms with Crippen molar-refractivity contribution in [2.75, 3.05) is 14.2 Å². The number of benzene rings is 2. The van der Waals surface area contributed by atoms with Crippen LogP contribution in [0.25, 0.3) is 6.08 Å². The summed E-state index contributed by atoms with van der Waals surface area (Å²) in [6.45, 7) is 0.0197. The zero-order valence-electron chi connectivity index (χ0n) is 19.2. The number of rotatable bonds is 8. The number of halogens is 2. The molecule has 36 heavy (non-hydrogen) atoms. The third-order valence-corrected chi connectivity index (χ3v) is 5.77. The first-order valence-electron chi connectivity index (χ1n) is 10.6. The number of imide groups is 1. The molecule has 186 valence electrons. The SMILES string of the molecule is COC(=O)c1ccc(CN2C(=O)N/C(=C\c3cc(Br)c(OCc4ccc(F)cc4)c(OC)c3)C2=O)o1. The van der Waals surface area contributed by atoms with Crippen LogP contribution in [0.5, 0.6) is 11.5 Å². The van der Waals surface area contributed by atoms with Crippen molar-refractivity contribution in [3.8, 4) is 11.5 Å². The fourth-order valence-electron chi connectivity index (χ4n) is 3.41. The maximum Gasteiger partial charge on any atom is 0.373 e. The molecule has 0 radical (unpaired) electrons. The second kappa shape index (κ2) is 10.6. The third kappa shape index (κ3) is 5.41. The molecule has 11 heteroatoms. The highest BCUT2D eigenvalue weighted by atomic mass is 79.9. The number of ether oxygens (including phenoxy) is 3. The summed E-state index contributed by atoms with van der Waals surface area (Å²) in [6, 6.07) is 11.5. The molecule has 1 fully saturated rings. The standard InChI is InChI=1S/C25H20BrFN2O7/c1-33-21-11-15(9-18(26)22(21)35-13-14-3-5-16(27)6-4-14)10-19-23(30)29(25(32)28-19)12-17-7-8-20(36-17)24(31)34-2/h3-11H,12-13H2,1-2H3,(H,28,32)/b19-10-. The van der Waals surface area contributed by atoms with Crippen LogP contribution in [0.2, 0.25) is 0 Å². The van der Waals surface area contributed by atoms with Crippen molar-refractivity contribution in [2.24, 2.45) is 0 Å². The van der Waals surface area contributed by atoms with Crippen LogP contribution in [0.1, 0.15) is 27.4 Å². The van der Waals surface area contributed by atoms with Gasteiger partial charge in [-0.1, -0.05) is 12.1 Å². The Labute approximate surface area is 213 Å². The van der Waals surface area contributed by atoms with E-state index < -0.39 is 17.9 Å². The Morgan fingerprint density at radius 2 is 1.89 bits per heavy atom. The summed E-state index contributed by atoms with van der Waals surface area (Å²) in [5.41, 5.74) is 1.38. The number of hydrogen-bond acceptors (Lipinski definition) is 7. The quantitative estimate of drug-likeness (QED) is 0.243. The van der Waals surface area contributed by atoms with Gasteiger partial charge in [0.1, 0.15) is 23.9 Å². The number of esters is 1. The zero-order chi connectivity index (χ0) is 25.8. The maximum absolute atomic E-state index is 13.1. The van der Waals surface area contributed by atoms with Gasteiger partial charge in [-0.3, -0.25) is 9.69 Å². The topological polar surface area (TPSA) is 107 Å². The molecule has 1 N–H and O–H groups in total. The van der Waals surface area contributed by atoms with Gasteiger partial charge in [-0.15, -0.1) is 0 Å². The van der Waals surface area contributed by atoms with E-state index in [0.29, 0.717) is 21.5 Å². The van der Waals surface area contributed by atoms with E-state index in [0.717, 1.165) is 10.5 Å². The van der Waals surface area contributed by atoms with Crippen LogP contribution >= 0.6 is 15.9 Å². The molecule has 9 nitrogen and oxygen atoms in total. The molecular weight excluding hydrogens is 539 g/mol. The summed E-state index contributed by atoms with van der Waals surface area (Å²) in [7, 11) is 2.69. The zero-order valence-corrected chi connectivity index (χ0v) is 20.8. The van der Waals surface area contributed by atoms with Crippen molar-refractivity contribution in [3.05, 3.63) is 87.2 Å². The van der Waals surface area contributed by atoms with Crippen molar-refractivity contribution in [1.29, 1.82) is 0 Å². The second-order valence-corrected chi connectivity index (χ2v) is 8.44. The first-order chi connectivity index (χ1) is 17.3. The smallest absolute Gasteiger partial charge is 0.373 e. The van der Waals surface area contributed by atoms with Crippen LogP contribution in [0.15, 0.2) is 63.1 Å². The number of amides is 3. The molecule has 3 amide bonds. The Morgan fingerprint density at radius 3 is 2.58 bits per heavy atom. The number of carbonyl (C=O) groups excluding carboxylic acids is 3. The summed E-state index contributed by atoms with van der Waals surface area (Å²) < 4.78 is 34.9. The Hall–Kier alpha value is -4.12. The minimum atomic E-state index is -0.663. The van der Waals surface area contributed by atoms with E-state index in [9.17, 15) is 18.8 Å². The minimum absolute atomic E-state index is 0.0333. The van der Waals surface area contributed by atoms with Crippen LogP contribution in [0.3, 0.4) is 0 Å². The van der Waals surface area contributed by atoms with E-state index >= 15 is 0 Å². The third-order valence-electron chi connectivity index (χ3n) is 5.18. The first-order valence-corrected chi connectivity index (χ1v) is 11.3. The van der Waals surface area contributed by atoms with Gasteiger partial charge in [0.15, 0.2) is 11.5 Å². The summed E-state index contributed by atoms with van der Waals surface area (Å²) >= 11 is 3.45. The van der Waals surface area contributed by atoms with Crippen molar-refractivity contribution in [3.63, 3.8) is 0 Å². The molecule has 0 unspecified atom stereocenters. The molecule has 2 heterocycles. The minimum Gasteiger partial charge on any atom is -0.493 e. The van der Waals surface area contributed by atoms with E-state index in [4.69, 9.17) is 13.9 Å². The molecule has 0 spiro atoms. The molecule has 1 aliphatic heterocycles. The fourth-order valence-corrected chi connectivity index (χ4v) is 3.98. The number of nitrogens with zero attached hydrogens (tertiary/aromatic N) is 1. The molecule has 3 aromatic rings. The second-order valence-electron chi connectivity index (χ2n) is 7.59. The first kappa shape index (κ1) is 25.0. The van der Waals surface area contributed by atoms with Gasteiger partial charge in [0.05, 0.1) is 25.2 Å². The molecule has 2 aromatic carbocycles. The van der Waals surface area contributed by atoms with Crippen LogP contribution < -0.4 is 14.8 Å². The Balaban J connectivity index is 1.50. The van der Waals surface area contributed by atoms with Gasteiger partial charge < -0.3 is 23.9 Å². The van der Waals surface area contributed by atoms with Crippen molar-refractivity contribution >= 4 is 39.9 Å². The molecule has 0 bridgehead atoms. The summed E-state index contributed by atoms with van der Waals surface area (Å²) in [5.74, 6) is -0.547. The van der Waals surface area contributed by atoms with E-state index in [2.05, 4.69) is 26.0 Å². The van der Waals surface area contributed by atoms with Gasteiger partial charge in [-0.2, -0.15) is 0 Å². The number of nitrogens with one attached hydrogen (secondary N) is 1. The molecule has 0 saturated carbocycles. The van der Waals surface area contributed by atoms with Crippen LogP contribution in [0.4, 0.5) is 9.18 Å². The van der Waals surface area contributed by atoms with Gasteiger partial charge in [0.2, 0.25) is 5.76 Å². The highest BCUT2D eigenvalue weighted by molar-refractivity contribution is 9.10. The summed E-state index contributed by atoms with van der Waals surface area (Å²) in [5, 5.41) is 2.53. The molecule has 1 aliphatic rings. The van der Waals surface area contributed by atoms with Crippen molar-refractivity contribution < 1.29 is 37.4 Å². The summed E-state index contributed by atoms with van der Waals surface area (Å²) in [6.07, 6.45) is 1.50. The van der Waals surface area contributed by atoms with Gasteiger partial charge in [-0.05, 0) is 69.5 Å². The normalized spacial score (nSPS) is 14.2. The fraction of sp³-hybridized carbons (Fsp3) is 0.160. The Bertz CT molecular complexity index is 1350. The number of carbonyl (C=O) groups is 3. The molecule has 0 aliphatic carbocycles. The lowest BCUT2D eigenvalue weighted by Gasteiger charge is -2.14. The van der Waals surface area contributed by atoms with E-state index in [1.165, 1.54) is 44.6 Å². The van der Waals surface area contributed by atoms with E-state index in [1.807, 2.05) is 0 Å². The molecule has 1 saturated heterocycles. The number of urea groups is 1. The average molecular weight is 559 g/mol. The van der Waals surface area contributed by atoms with E-state index in [1.54, 1.807) is 24.3 Å². The van der Waals surface area contributed by atoms with Gasteiger partial charge >= 0.3 is 12.0 Å². The lowest BCUT2D eigenvalue weighted by atomic mass is 10.1. The Kier molecular flexibility index (Phi) is 7.39.